The van der Waals surface area contributed by atoms with Crippen LogP contribution in [-0.2, 0) is 10.4 Å². The second kappa shape index (κ2) is 5.06. The summed E-state index contributed by atoms with van der Waals surface area (Å²) in [7, 11) is -4.41. The van der Waals surface area contributed by atoms with Crippen LogP contribution in [0.25, 0.3) is 0 Å². The van der Waals surface area contributed by atoms with Gasteiger partial charge in [-0.1, -0.05) is 31.4 Å². The van der Waals surface area contributed by atoms with Gasteiger partial charge in [-0.3, -0.25) is 4.55 Å². The molecule has 1 aromatic rings. The Kier molecular flexibility index (Phi) is 3.69. The van der Waals surface area contributed by atoms with E-state index in [4.69, 9.17) is 4.55 Å². The maximum absolute atomic E-state index is 10.5. The molecule has 0 aliphatic heterocycles. The predicted molar refractivity (Wildman–Crippen MR) is 64.4 cm³/mol. The van der Waals surface area contributed by atoms with E-state index in [1.807, 2.05) is 12.1 Å². The van der Waals surface area contributed by atoms with Crippen LogP contribution in [-0.4, -0.2) is 13.0 Å². The van der Waals surface area contributed by atoms with Gasteiger partial charge in [-0.05, 0) is 36.5 Å². The van der Waals surface area contributed by atoms with E-state index in [0.717, 1.165) is 0 Å². The molecule has 5 heteroatoms. The number of rotatable bonds is 3. The van der Waals surface area contributed by atoms with Crippen LogP contribution in [0.15, 0.2) is 24.3 Å². The topological polar surface area (TPSA) is 63.6 Å². The summed E-state index contributed by atoms with van der Waals surface area (Å²) in [5, 5.41) is 0. The minimum Gasteiger partial charge on any atom is -0.362 e. The van der Waals surface area contributed by atoms with Crippen LogP contribution in [0, 0.1) is 0 Å². The quantitative estimate of drug-likeness (QED) is 0.844. The summed E-state index contributed by atoms with van der Waals surface area (Å²) in [5.41, 5.74) is 1.22. The Labute approximate surface area is 102 Å². The summed E-state index contributed by atoms with van der Waals surface area (Å²) in [6.07, 6.45) is 6.21. The zero-order valence-electron chi connectivity index (χ0n) is 9.50. The first-order chi connectivity index (χ1) is 8.04. The maximum Gasteiger partial charge on any atom is 0.446 e. The molecule has 2 rings (SSSR count). The standard InChI is InChI=1S/C12H16O4S/c13-17(14,15)16-12-8-6-11(7-9-12)10-4-2-1-3-5-10/h6-10H,1-5H2,(H,13,14,15). The van der Waals surface area contributed by atoms with Crippen molar-refractivity contribution in [2.75, 3.05) is 0 Å². The second-order valence-electron chi connectivity index (χ2n) is 4.42. The summed E-state index contributed by atoms with van der Waals surface area (Å²) in [4.78, 5) is 0. The Morgan fingerprint density at radius 3 is 2.18 bits per heavy atom. The van der Waals surface area contributed by atoms with Gasteiger partial charge in [-0.15, -0.1) is 0 Å². The lowest BCUT2D eigenvalue weighted by Gasteiger charge is -2.21. The number of hydrogen-bond donors (Lipinski definition) is 1. The van der Waals surface area contributed by atoms with E-state index in [2.05, 4.69) is 4.18 Å². The van der Waals surface area contributed by atoms with E-state index in [1.54, 1.807) is 12.1 Å². The van der Waals surface area contributed by atoms with Crippen LogP contribution in [0.2, 0.25) is 0 Å². The molecule has 1 aromatic carbocycles. The highest BCUT2D eigenvalue weighted by Crippen LogP contribution is 2.33. The lowest BCUT2D eigenvalue weighted by Crippen LogP contribution is -2.07. The third-order valence-corrected chi connectivity index (χ3v) is 3.56. The highest BCUT2D eigenvalue weighted by molar-refractivity contribution is 7.81. The normalized spacial score (nSPS) is 17.9. The number of hydrogen-bond acceptors (Lipinski definition) is 3. The molecule has 1 aliphatic rings. The molecule has 0 spiro atoms. The first-order valence-corrected chi connectivity index (χ1v) is 7.18. The smallest absolute Gasteiger partial charge is 0.362 e. The molecule has 0 aromatic heterocycles. The average Bonchev–Trinajstić information content (AvgIpc) is 2.29. The SMILES string of the molecule is O=S(=O)(O)Oc1ccc(C2CCCCC2)cc1. The molecule has 0 amide bonds. The Morgan fingerprint density at radius 2 is 1.65 bits per heavy atom. The molecule has 0 heterocycles. The monoisotopic (exact) mass is 256 g/mol. The zero-order valence-corrected chi connectivity index (χ0v) is 10.3. The minimum absolute atomic E-state index is 0.145. The molecule has 17 heavy (non-hydrogen) atoms. The lowest BCUT2D eigenvalue weighted by atomic mass is 9.84. The zero-order chi connectivity index (χ0) is 12.3. The van der Waals surface area contributed by atoms with Crippen molar-refractivity contribution in [1.29, 1.82) is 0 Å². The Morgan fingerprint density at radius 1 is 1.06 bits per heavy atom. The summed E-state index contributed by atoms with van der Waals surface area (Å²) >= 11 is 0. The fraction of sp³-hybridized carbons (Fsp3) is 0.500. The van der Waals surface area contributed by atoms with Gasteiger partial charge in [-0.25, -0.2) is 0 Å². The van der Waals surface area contributed by atoms with Crippen molar-refractivity contribution in [3.8, 4) is 5.75 Å². The van der Waals surface area contributed by atoms with E-state index in [0.29, 0.717) is 5.92 Å². The van der Waals surface area contributed by atoms with Gasteiger partial charge in [0.2, 0.25) is 0 Å². The van der Waals surface area contributed by atoms with Gasteiger partial charge in [0.15, 0.2) is 0 Å². The van der Waals surface area contributed by atoms with E-state index in [-0.39, 0.29) is 5.75 Å². The molecule has 1 saturated carbocycles. The van der Waals surface area contributed by atoms with Crippen molar-refractivity contribution in [3.63, 3.8) is 0 Å². The molecule has 0 unspecified atom stereocenters. The van der Waals surface area contributed by atoms with Crippen molar-refractivity contribution in [1.82, 2.24) is 0 Å². The van der Waals surface area contributed by atoms with Gasteiger partial charge in [0, 0.05) is 0 Å². The fourth-order valence-electron chi connectivity index (χ4n) is 2.35. The van der Waals surface area contributed by atoms with Crippen LogP contribution >= 0.6 is 0 Å². The molecular weight excluding hydrogens is 240 g/mol. The van der Waals surface area contributed by atoms with Gasteiger partial charge in [0.05, 0.1) is 0 Å². The van der Waals surface area contributed by atoms with Crippen molar-refractivity contribution in [3.05, 3.63) is 29.8 Å². The van der Waals surface area contributed by atoms with E-state index >= 15 is 0 Å². The first kappa shape index (κ1) is 12.4. The van der Waals surface area contributed by atoms with Gasteiger partial charge < -0.3 is 4.18 Å². The van der Waals surface area contributed by atoms with Crippen LogP contribution in [0.5, 0.6) is 5.75 Å². The van der Waals surface area contributed by atoms with Crippen molar-refractivity contribution >= 4 is 10.4 Å². The van der Waals surface area contributed by atoms with Crippen molar-refractivity contribution < 1.29 is 17.2 Å². The maximum atomic E-state index is 10.5. The van der Waals surface area contributed by atoms with Crippen LogP contribution in [0.1, 0.15) is 43.6 Å². The largest absolute Gasteiger partial charge is 0.446 e. The molecule has 94 valence electrons. The molecule has 0 saturated heterocycles. The fourth-order valence-corrected chi connectivity index (χ4v) is 2.71. The van der Waals surface area contributed by atoms with E-state index in [1.165, 1.54) is 37.7 Å². The van der Waals surface area contributed by atoms with Gasteiger partial charge in [-0.2, -0.15) is 8.42 Å². The van der Waals surface area contributed by atoms with Gasteiger partial charge >= 0.3 is 10.4 Å². The average molecular weight is 256 g/mol. The van der Waals surface area contributed by atoms with E-state index in [9.17, 15) is 8.42 Å². The highest BCUT2D eigenvalue weighted by atomic mass is 32.3. The molecule has 1 N–H and O–H groups in total. The molecule has 1 fully saturated rings. The number of benzene rings is 1. The summed E-state index contributed by atoms with van der Waals surface area (Å²) in [6, 6.07) is 6.91. The Bertz CT molecular complexity index is 458. The predicted octanol–water partition coefficient (Wildman–Crippen LogP) is 2.92. The third kappa shape index (κ3) is 3.71. The van der Waals surface area contributed by atoms with Gasteiger partial charge in [0.1, 0.15) is 5.75 Å². The minimum atomic E-state index is -4.41. The lowest BCUT2D eigenvalue weighted by molar-refractivity contribution is 0.386. The Hall–Kier alpha value is -1.07. The summed E-state index contributed by atoms with van der Waals surface area (Å²) < 4.78 is 34.0. The van der Waals surface area contributed by atoms with Crippen LogP contribution in [0.3, 0.4) is 0 Å². The van der Waals surface area contributed by atoms with Crippen molar-refractivity contribution in [2.45, 2.75) is 38.0 Å². The molecule has 4 nitrogen and oxygen atoms in total. The third-order valence-electron chi connectivity index (χ3n) is 3.16. The first-order valence-electron chi connectivity index (χ1n) is 5.81. The van der Waals surface area contributed by atoms with E-state index < -0.39 is 10.4 Å². The van der Waals surface area contributed by atoms with Crippen molar-refractivity contribution in [2.24, 2.45) is 0 Å². The molecule has 0 bridgehead atoms. The molecular formula is C12H16O4S. The summed E-state index contributed by atoms with van der Waals surface area (Å²) in [5.74, 6) is 0.718. The van der Waals surface area contributed by atoms with Crippen LogP contribution < -0.4 is 4.18 Å². The molecule has 0 atom stereocenters. The van der Waals surface area contributed by atoms with Gasteiger partial charge in [0.25, 0.3) is 0 Å². The second-order valence-corrected chi connectivity index (χ2v) is 5.44. The summed E-state index contributed by atoms with van der Waals surface area (Å²) in [6.45, 7) is 0. The highest BCUT2D eigenvalue weighted by Gasteiger charge is 2.15. The molecule has 1 aliphatic carbocycles. The Balaban J connectivity index is 2.07. The van der Waals surface area contributed by atoms with Crippen LogP contribution in [0.4, 0.5) is 0 Å². The molecule has 0 radical (unpaired) electrons.